The summed E-state index contributed by atoms with van der Waals surface area (Å²) in [5, 5.41) is 0.805. The van der Waals surface area contributed by atoms with Gasteiger partial charge in [0.1, 0.15) is 0 Å². The van der Waals surface area contributed by atoms with Crippen molar-refractivity contribution in [3.8, 4) is 0 Å². The third-order valence-electron chi connectivity index (χ3n) is 4.59. The van der Waals surface area contributed by atoms with E-state index in [1.807, 2.05) is 18.2 Å². The Bertz CT molecular complexity index is 959. The fourth-order valence-electron chi connectivity index (χ4n) is 3.26. The SMILES string of the molecule is Cc1cc(P(Cc2ccccc2)c2cc(C)cc(C(F)(F)F)c2)cc(C(F)(F)F)c1. The summed E-state index contributed by atoms with van der Waals surface area (Å²) in [6, 6.07) is 16.6. The quantitative estimate of drug-likeness (QED) is 0.304. The zero-order valence-electron chi connectivity index (χ0n) is 16.3. The van der Waals surface area contributed by atoms with Crippen molar-refractivity contribution in [2.45, 2.75) is 32.4 Å². The maximum absolute atomic E-state index is 13.4. The summed E-state index contributed by atoms with van der Waals surface area (Å²) in [7, 11) is -1.49. The molecule has 3 rings (SSSR count). The molecular formula is C23H19F6P. The average molecular weight is 440 g/mol. The van der Waals surface area contributed by atoms with Crippen LogP contribution in [0.2, 0.25) is 0 Å². The summed E-state index contributed by atoms with van der Waals surface area (Å²) in [5.41, 5.74) is 0.116. The first-order chi connectivity index (χ1) is 13.9. The number of alkyl halides is 6. The Morgan fingerprint density at radius 3 is 1.47 bits per heavy atom. The third-order valence-corrected chi connectivity index (χ3v) is 7.03. The maximum Gasteiger partial charge on any atom is 0.416 e. The smallest absolute Gasteiger partial charge is 0.166 e. The molecule has 0 spiro atoms. The van der Waals surface area contributed by atoms with Crippen molar-refractivity contribution in [1.29, 1.82) is 0 Å². The van der Waals surface area contributed by atoms with E-state index in [-0.39, 0.29) is 0 Å². The van der Waals surface area contributed by atoms with E-state index in [0.29, 0.717) is 27.9 Å². The van der Waals surface area contributed by atoms with Gasteiger partial charge in [0, 0.05) is 6.16 Å². The molecule has 0 radical (unpaired) electrons. The molecule has 0 bridgehead atoms. The minimum Gasteiger partial charge on any atom is -0.166 e. The Morgan fingerprint density at radius 1 is 0.633 bits per heavy atom. The Kier molecular flexibility index (Phi) is 6.28. The van der Waals surface area contributed by atoms with Crippen molar-refractivity contribution in [3.05, 3.63) is 94.5 Å². The van der Waals surface area contributed by atoms with E-state index in [1.54, 1.807) is 38.1 Å². The Morgan fingerprint density at radius 2 is 1.07 bits per heavy atom. The molecule has 0 aliphatic carbocycles. The second-order valence-electron chi connectivity index (χ2n) is 7.18. The molecule has 0 unspecified atom stereocenters. The first-order valence-electron chi connectivity index (χ1n) is 9.13. The molecule has 30 heavy (non-hydrogen) atoms. The molecule has 3 aromatic rings. The van der Waals surface area contributed by atoms with E-state index >= 15 is 0 Å². The summed E-state index contributed by atoms with van der Waals surface area (Å²) in [5.74, 6) is 0. The van der Waals surface area contributed by atoms with Crippen molar-refractivity contribution >= 4 is 18.5 Å². The van der Waals surface area contributed by atoms with Gasteiger partial charge in [-0.15, -0.1) is 0 Å². The van der Waals surface area contributed by atoms with Gasteiger partial charge in [0.15, 0.2) is 0 Å². The number of rotatable bonds is 4. The van der Waals surface area contributed by atoms with Gasteiger partial charge in [-0.05, 0) is 73.3 Å². The maximum atomic E-state index is 13.4. The van der Waals surface area contributed by atoms with Gasteiger partial charge in [-0.25, -0.2) is 0 Å². The predicted molar refractivity (Wildman–Crippen MR) is 109 cm³/mol. The number of aryl methyl sites for hydroxylation is 2. The van der Waals surface area contributed by atoms with Crippen LogP contribution >= 0.6 is 7.92 Å². The summed E-state index contributed by atoms with van der Waals surface area (Å²) in [4.78, 5) is 0. The topological polar surface area (TPSA) is 0 Å². The summed E-state index contributed by atoms with van der Waals surface area (Å²) < 4.78 is 80.3. The van der Waals surface area contributed by atoms with Crippen molar-refractivity contribution in [2.75, 3.05) is 0 Å². The van der Waals surface area contributed by atoms with Crippen LogP contribution in [0.1, 0.15) is 27.8 Å². The molecule has 0 saturated heterocycles. The van der Waals surface area contributed by atoms with Gasteiger partial charge in [-0.1, -0.05) is 42.5 Å². The molecule has 0 aromatic heterocycles. The summed E-state index contributed by atoms with van der Waals surface area (Å²) >= 11 is 0. The van der Waals surface area contributed by atoms with Crippen molar-refractivity contribution in [3.63, 3.8) is 0 Å². The summed E-state index contributed by atoms with van der Waals surface area (Å²) in [6.45, 7) is 3.12. The molecule has 0 fully saturated rings. The zero-order valence-corrected chi connectivity index (χ0v) is 17.2. The van der Waals surface area contributed by atoms with E-state index < -0.39 is 31.4 Å². The van der Waals surface area contributed by atoms with Crippen LogP contribution in [0, 0.1) is 13.8 Å². The monoisotopic (exact) mass is 440 g/mol. The van der Waals surface area contributed by atoms with E-state index in [2.05, 4.69) is 0 Å². The fraction of sp³-hybridized carbons (Fsp3) is 0.217. The highest BCUT2D eigenvalue weighted by Gasteiger charge is 2.33. The molecular weight excluding hydrogens is 421 g/mol. The van der Waals surface area contributed by atoms with E-state index in [4.69, 9.17) is 0 Å². The van der Waals surface area contributed by atoms with E-state index in [0.717, 1.165) is 29.8 Å². The molecule has 158 valence electrons. The lowest BCUT2D eigenvalue weighted by Crippen LogP contribution is -2.19. The molecule has 7 heteroatoms. The van der Waals surface area contributed by atoms with E-state index in [9.17, 15) is 26.3 Å². The van der Waals surface area contributed by atoms with Crippen LogP contribution in [-0.4, -0.2) is 0 Å². The highest BCUT2D eigenvalue weighted by Crippen LogP contribution is 2.42. The minimum absolute atomic E-state index is 0.345. The third kappa shape index (κ3) is 5.42. The zero-order chi connectivity index (χ0) is 22.1. The fourth-order valence-corrected chi connectivity index (χ4v) is 5.81. The number of halogens is 6. The second kappa shape index (κ2) is 8.43. The second-order valence-corrected chi connectivity index (χ2v) is 9.39. The van der Waals surface area contributed by atoms with Gasteiger partial charge < -0.3 is 0 Å². The molecule has 0 aliphatic heterocycles. The molecule has 0 atom stereocenters. The first-order valence-corrected chi connectivity index (χ1v) is 10.7. The van der Waals surface area contributed by atoms with Crippen LogP contribution in [0.15, 0.2) is 66.7 Å². The van der Waals surface area contributed by atoms with Crippen LogP contribution in [0.3, 0.4) is 0 Å². The van der Waals surface area contributed by atoms with E-state index in [1.165, 1.54) is 0 Å². The predicted octanol–water partition coefficient (Wildman–Crippen LogP) is 6.97. The van der Waals surface area contributed by atoms with Crippen LogP contribution < -0.4 is 10.6 Å². The summed E-state index contributed by atoms with van der Waals surface area (Å²) in [6.07, 6.45) is -8.71. The van der Waals surface area contributed by atoms with Crippen molar-refractivity contribution in [1.82, 2.24) is 0 Å². The minimum atomic E-state index is -4.53. The first kappa shape index (κ1) is 22.4. The van der Waals surface area contributed by atoms with Gasteiger partial charge in [-0.2, -0.15) is 26.3 Å². The lowest BCUT2D eigenvalue weighted by atomic mass is 10.1. The van der Waals surface area contributed by atoms with Crippen molar-refractivity contribution < 1.29 is 26.3 Å². The highest BCUT2D eigenvalue weighted by molar-refractivity contribution is 7.72. The highest BCUT2D eigenvalue weighted by atomic mass is 31.1. The molecule has 0 amide bonds. The number of benzene rings is 3. The van der Waals surface area contributed by atoms with Crippen LogP contribution in [0.5, 0.6) is 0 Å². The van der Waals surface area contributed by atoms with Gasteiger partial charge in [-0.3, -0.25) is 0 Å². The van der Waals surface area contributed by atoms with Crippen LogP contribution in [0.25, 0.3) is 0 Å². The number of hydrogen-bond acceptors (Lipinski definition) is 0. The molecule has 3 aromatic carbocycles. The van der Waals surface area contributed by atoms with Gasteiger partial charge in [0.05, 0.1) is 11.1 Å². The molecule has 0 heterocycles. The normalized spacial score (nSPS) is 12.4. The standard InChI is InChI=1S/C23H19F6P/c1-15-8-18(22(24,25)26)12-20(10-15)30(14-17-6-4-3-5-7-17)21-11-16(2)9-19(13-21)23(27,28)29/h3-13H,14H2,1-2H3. The Hall–Kier alpha value is -2.33. The lowest BCUT2D eigenvalue weighted by molar-refractivity contribution is -0.138. The molecule has 0 N–H and O–H groups in total. The van der Waals surface area contributed by atoms with Gasteiger partial charge in [0.25, 0.3) is 0 Å². The lowest BCUT2D eigenvalue weighted by Gasteiger charge is -2.23. The number of hydrogen-bond donors (Lipinski definition) is 0. The Balaban J connectivity index is 2.18. The molecule has 0 nitrogen and oxygen atoms in total. The average Bonchev–Trinajstić information content (AvgIpc) is 2.64. The largest absolute Gasteiger partial charge is 0.416 e. The Labute approximate surface area is 172 Å². The van der Waals surface area contributed by atoms with Gasteiger partial charge in [0.2, 0.25) is 0 Å². The molecule has 0 aliphatic rings. The van der Waals surface area contributed by atoms with Gasteiger partial charge >= 0.3 is 12.4 Å². The van der Waals surface area contributed by atoms with Crippen molar-refractivity contribution in [2.24, 2.45) is 0 Å². The molecule has 0 saturated carbocycles. The van der Waals surface area contributed by atoms with Crippen LogP contribution in [-0.2, 0) is 18.5 Å². The van der Waals surface area contributed by atoms with Crippen LogP contribution in [0.4, 0.5) is 26.3 Å².